The Morgan fingerprint density at radius 1 is 1.00 bits per heavy atom. The molecule has 136 valence electrons. The predicted molar refractivity (Wildman–Crippen MR) is 109 cm³/mol. The molecule has 0 aliphatic carbocycles. The van der Waals surface area contributed by atoms with Gasteiger partial charge in [0, 0.05) is 10.6 Å². The van der Waals surface area contributed by atoms with Crippen molar-refractivity contribution in [1.82, 2.24) is 9.97 Å². The SMILES string of the molecule is Cc1ccc(S(=O)(=O)Nc2ccccc2-c2nc3ccccc3[nH]2)cc1Cl. The van der Waals surface area contributed by atoms with Gasteiger partial charge in [-0.3, -0.25) is 4.72 Å². The fourth-order valence-electron chi connectivity index (χ4n) is 2.80. The van der Waals surface area contributed by atoms with E-state index in [2.05, 4.69) is 14.7 Å². The first-order valence-corrected chi connectivity index (χ1v) is 10.1. The Bertz CT molecular complexity index is 1220. The highest BCUT2D eigenvalue weighted by Gasteiger charge is 2.18. The molecule has 2 N–H and O–H groups in total. The van der Waals surface area contributed by atoms with Gasteiger partial charge in [0.25, 0.3) is 10.0 Å². The maximum atomic E-state index is 12.8. The number of imidazole rings is 1. The van der Waals surface area contributed by atoms with Crippen LogP contribution in [0.15, 0.2) is 71.6 Å². The van der Waals surface area contributed by atoms with Gasteiger partial charge in [-0.05, 0) is 48.9 Å². The molecule has 0 spiro atoms. The van der Waals surface area contributed by atoms with Crippen LogP contribution in [0.2, 0.25) is 5.02 Å². The quantitative estimate of drug-likeness (QED) is 0.509. The Hall–Kier alpha value is -2.83. The minimum atomic E-state index is -3.79. The molecule has 0 fully saturated rings. The number of nitrogens with zero attached hydrogens (tertiary/aromatic N) is 1. The second-order valence-electron chi connectivity index (χ2n) is 6.16. The number of fused-ring (bicyclic) bond motifs is 1. The molecule has 0 bridgehead atoms. The molecule has 0 atom stereocenters. The lowest BCUT2D eigenvalue weighted by Gasteiger charge is -2.12. The molecular weight excluding hydrogens is 382 g/mol. The average Bonchev–Trinajstić information content (AvgIpc) is 3.08. The van der Waals surface area contributed by atoms with Gasteiger partial charge >= 0.3 is 0 Å². The predicted octanol–water partition coefficient (Wildman–Crippen LogP) is 4.99. The van der Waals surface area contributed by atoms with Gasteiger partial charge in [0.2, 0.25) is 0 Å². The number of para-hydroxylation sites is 3. The lowest BCUT2D eigenvalue weighted by Crippen LogP contribution is -2.13. The number of H-pyrrole nitrogens is 1. The van der Waals surface area contributed by atoms with Crippen molar-refractivity contribution in [3.63, 3.8) is 0 Å². The molecule has 1 heterocycles. The summed E-state index contributed by atoms with van der Waals surface area (Å²) in [5.41, 5.74) is 3.62. The molecule has 7 heteroatoms. The van der Waals surface area contributed by atoms with Crippen molar-refractivity contribution in [1.29, 1.82) is 0 Å². The second-order valence-corrected chi connectivity index (χ2v) is 8.25. The van der Waals surface area contributed by atoms with Crippen LogP contribution in [0, 0.1) is 6.92 Å². The highest BCUT2D eigenvalue weighted by atomic mass is 35.5. The lowest BCUT2D eigenvalue weighted by molar-refractivity contribution is 0.601. The second kappa shape index (κ2) is 6.72. The molecule has 0 amide bonds. The highest BCUT2D eigenvalue weighted by Crippen LogP contribution is 2.30. The van der Waals surface area contributed by atoms with Crippen LogP contribution in [0.5, 0.6) is 0 Å². The Balaban J connectivity index is 1.75. The summed E-state index contributed by atoms with van der Waals surface area (Å²) >= 11 is 6.09. The lowest BCUT2D eigenvalue weighted by atomic mass is 10.2. The van der Waals surface area contributed by atoms with Crippen molar-refractivity contribution in [3.05, 3.63) is 77.3 Å². The number of hydrogen-bond donors (Lipinski definition) is 2. The van der Waals surface area contributed by atoms with Gasteiger partial charge in [0.1, 0.15) is 5.82 Å². The van der Waals surface area contributed by atoms with E-state index in [0.717, 1.165) is 16.6 Å². The van der Waals surface area contributed by atoms with Gasteiger partial charge in [-0.25, -0.2) is 13.4 Å². The zero-order valence-corrected chi connectivity index (χ0v) is 16.0. The van der Waals surface area contributed by atoms with E-state index in [4.69, 9.17) is 11.6 Å². The van der Waals surface area contributed by atoms with E-state index >= 15 is 0 Å². The smallest absolute Gasteiger partial charge is 0.261 e. The Labute approximate surface area is 162 Å². The minimum Gasteiger partial charge on any atom is -0.338 e. The number of sulfonamides is 1. The maximum absolute atomic E-state index is 12.8. The van der Waals surface area contributed by atoms with Crippen LogP contribution in [-0.4, -0.2) is 18.4 Å². The van der Waals surface area contributed by atoms with E-state index in [-0.39, 0.29) is 4.90 Å². The third kappa shape index (κ3) is 3.41. The number of aromatic nitrogens is 2. The van der Waals surface area contributed by atoms with Crippen LogP contribution < -0.4 is 4.72 Å². The van der Waals surface area contributed by atoms with Crippen LogP contribution in [0.4, 0.5) is 5.69 Å². The summed E-state index contributed by atoms with van der Waals surface area (Å²) in [6.07, 6.45) is 0. The summed E-state index contributed by atoms with van der Waals surface area (Å²) in [6.45, 7) is 1.82. The number of benzene rings is 3. The van der Waals surface area contributed by atoms with Crippen LogP contribution in [0.1, 0.15) is 5.56 Å². The van der Waals surface area contributed by atoms with Gasteiger partial charge in [-0.1, -0.05) is 41.9 Å². The molecule has 0 aliphatic rings. The van der Waals surface area contributed by atoms with Gasteiger partial charge in [-0.2, -0.15) is 0 Å². The third-order valence-corrected chi connectivity index (χ3v) is 6.04. The Kier molecular flexibility index (Phi) is 4.37. The van der Waals surface area contributed by atoms with Gasteiger partial charge < -0.3 is 4.98 Å². The molecule has 0 aliphatic heterocycles. The first kappa shape index (κ1) is 17.6. The average molecular weight is 398 g/mol. The van der Waals surface area contributed by atoms with Crippen molar-refractivity contribution >= 4 is 38.3 Å². The fourth-order valence-corrected chi connectivity index (χ4v) is 4.15. The van der Waals surface area contributed by atoms with E-state index in [9.17, 15) is 8.42 Å². The third-order valence-electron chi connectivity index (χ3n) is 4.27. The first-order chi connectivity index (χ1) is 12.9. The molecule has 4 aromatic rings. The largest absolute Gasteiger partial charge is 0.338 e. The number of nitrogens with one attached hydrogen (secondary N) is 2. The normalized spacial score (nSPS) is 11.6. The van der Waals surface area contributed by atoms with Crippen LogP contribution in [0.25, 0.3) is 22.4 Å². The molecule has 0 saturated carbocycles. The van der Waals surface area contributed by atoms with Gasteiger partial charge in [0.15, 0.2) is 0 Å². The fraction of sp³-hybridized carbons (Fsp3) is 0.0500. The van der Waals surface area contributed by atoms with Crippen molar-refractivity contribution < 1.29 is 8.42 Å². The summed E-state index contributed by atoms with van der Waals surface area (Å²) in [5.74, 6) is 0.594. The highest BCUT2D eigenvalue weighted by molar-refractivity contribution is 7.92. The molecule has 0 saturated heterocycles. The number of rotatable bonds is 4. The van der Waals surface area contributed by atoms with Crippen LogP contribution in [0.3, 0.4) is 0 Å². The van der Waals surface area contributed by atoms with Crippen molar-refractivity contribution in [2.45, 2.75) is 11.8 Å². The molecule has 27 heavy (non-hydrogen) atoms. The Morgan fingerprint density at radius 3 is 2.52 bits per heavy atom. The summed E-state index contributed by atoms with van der Waals surface area (Å²) in [7, 11) is -3.79. The summed E-state index contributed by atoms with van der Waals surface area (Å²) in [4.78, 5) is 7.90. The summed E-state index contributed by atoms with van der Waals surface area (Å²) in [5, 5.41) is 0.406. The molecule has 0 radical (unpaired) electrons. The van der Waals surface area contributed by atoms with Crippen LogP contribution in [-0.2, 0) is 10.0 Å². The monoisotopic (exact) mass is 397 g/mol. The Morgan fingerprint density at radius 2 is 1.74 bits per heavy atom. The van der Waals surface area contributed by atoms with Gasteiger partial charge in [-0.15, -0.1) is 0 Å². The zero-order valence-electron chi connectivity index (χ0n) is 14.4. The summed E-state index contributed by atoms with van der Waals surface area (Å²) < 4.78 is 28.3. The zero-order chi connectivity index (χ0) is 19.0. The topological polar surface area (TPSA) is 74.8 Å². The minimum absolute atomic E-state index is 0.109. The van der Waals surface area contributed by atoms with E-state index in [1.807, 2.05) is 43.3 Å². The molecule has 4 rings (SSSR count). The molecule has 5 nitrogen and oxygen atoms in total. The van der Waals surface area contributed by atoms with Crippen molar-refractivity contribution in [3.8, 4) is 11.4 Å². The molecule has 0 unspecified atom stereocenters. The van der Waals surface area contributed by atoms with E-state index < -0.39 is 10.0 Å². The van der Waals surface area contributed by atoms with E-state index in [0.29, 0.717) is 22.1 Å². The molecule has 1 aromatic heterocycles. The number of hydrogen-bond acceptors (Lipinski definition) is 3. The number of aromatic amines is 1. The summed E-state index contributed by atoms with van der Waals surface area (Å²) in [6, 6.07) is 19.4. The molecule has 3 aromatic carbocycles. The van der Waals surface area contributed by atoms with E-state index in [1.54, 1.807) is 18.2 Å². The van der Waals surface area contributed by atoms with Crippen molar-refractivity contribution in [2.75, 3.05) is 4.72 Å². The van der Waals surface area contributed by atoms with E-state index in [1.165, 1.54) is 12.1 Å². The number of anilines is 1. The van der Waals surface area contributed by atoms with Crippen molar-refractivity contribution in [2.24, 2.45) is 0 Å². The van der Waals surface area contributed by atoms with Gasteiger partial charge in [0.05, 0.1) is 21.6 Å². The first-order valence-electron chi connectivity index (χ1n) is 8.27. The molecular formula is C20H16ClN3O2S. The number of aryl methyl sites for hydroxylation is 1. The van der Waals surface area contributed by atoms with Crippen LogP contribution >= 0.6 is 11.6 Å². The number of halogens is 1. The maximum Gasteiger partial charge on any atom is 0.261 e. The standard InChI is InChI=1S/C20H16ClN3O2S/c1-13-10-11-14(12-16(13)21)27(25,26)24-17-7-3-2-6-15(17)20-22-18-8-4-5-9-19(18)23-20/h2-12,24H,1H3,(H,22,23).